The van der Waals surface area contributed by atoms with Gasteiger partial charge < -0.3 is 19.4 Å². The largest absolute Gasteiger partial charge is 0.454 e. The van der Waals surface area contributed by atoms with E-state index in [0.29, 0.717) is 29.2 Å². The smallest absolute Gasteiger partial charge is 0.266 e. The lowest BCUT2D eigenvalue weighted by Crippen LogP contribution is -2.40. The maximum absolute atomic E-state index is 13.6. The van der Waals surface area contributed by atoms with E-state index < -0.39 is 8.32 Å². The Hall–Kier alpha value is -2.97. The van der Waals surface area contributed by atoms with Gasteiger partial charge in [0.1, 0.15) is 5.75 Å². The summed E-state index contributed by atoms with van der Waals surface area (Å²) in [6, 6.07) is 23.0. The Bertz CT molecular complexity index is 1260. The van der Waals surface area contributed by atoms with E-state index in [9.17, 15) is 14.7 Å². The zero-order valence-corrected chi connectivity index (χ0v) is 22.6. The molecule has 194 valence electrons. The molecule has 1 saturated heterocycles. The third-order valence-electron chi connectivity index (χ3n) is 7.69. The average molecular weight is 518 g/mol. The van der Waals surface area contributed by atoms with E-state index in [1.807, 2.05) is 67.7 Å². The van der Waals surface area contributed by atoms with E-state index in [1.165, 1.54) is 0 Å². The molecule has 5 rings (SSSR count). The second-order valence-electron chi connectivity index (χ2n) is 10.7. The van der Waals surface area contributed by atoms with Gasteiger partial charge >= 0.3 is 0 Å². The van der Waals surface area contributed by atoms with Crippen molar-refractivity contribution in [3.63, 3.8) is 0 Å². The molecule has 6 nitrogen and oxygen atoms in total. The molecule has 1 amide bonds. The molecule has 1 fully saturated rings. The molecule has 0 unspecified atom stereocenters. The van der Waals surface area contributed by atoms with Gasteiger partial charge in [-0.15, -0.1) is 0 Å². The Morgan fingerprint density at radius 1 is 0.892 bits per heavy atom. The van der Waals surface area contributed by atoms with E-state index in [-0.39, 0.29) is 36.2 Å². The Morgan fingerprint density at radius 3 is 2.27 bits per heavy atom. The first-order valence-electron chi connectivity index (χ1n) is 13.1. The van der Waals surface area contributed by atoms with Gasteiger partial charge in [-0.3, -0.25) is 9.69 Å². The highest BCUT2D eigenvalue weighted by atomic mass is 28.4. The number of carbonyl (C=O) groups excluding carboxylic acids is 1. The van der Waals surface area contributed by atoms with Crippen LogP contribution in [0.1, 0.15) is 35.7 Å². The summed E-state index contributed by atoms with van der Waals surface area (Å²) >= 11 is 0. The van der Waals surface area contributed by atoms with E-state index in [1.54, 1.807) is 11.0 Å². The number of amides is 1. The van der Waals surface area contributed by atoms with Crippen LogP contribution in [0, 0.1) is 5.92 Å². The molecule has 0 bridgehead atoms. The summed E-state index contributed by atoms with van der Waals surface area (Å²) < 4.78 is 12.4. The number of para-hydroxylation sites is 3. The lowest BCUT2D eigenvalue weighted by Gasteiger charge is -2.30. The number of anilines is 2. The minimum Gasteiger partial charge on any atom is -0.454 e. The fourth-order valence-corrected chi connectivity index (χ4v) is 8.65. The van der Waals surface area contributed by atoms with Crippen LogP contribution in [0.3, 0.4) is 0 Å². The number of ether oxygens (including phenoxy) is 2. The van der Waals surface area contributed by atoms with Crippen LogP contribution >= 0.6 is 0 Å². The third-order valence-corrected chi connectivity index (χ3v) is 10.2. The van der Waals surface area contributed by atoms with E-state index in [2.05, 4.69) is 19.1 Å². The number of aliphatic hydroxyl groups is 1. The molecule has 4 atom stereocenters. The summed E-state index contributed by atoms with van der Waals surface area (Å²) in [5.41, 5.74) is 3.29. The van der Waals surface area contributed by atoms with Crippen LogP contribution in [0.25, 0.3) is 0 Å². The van der Waals surface area contributed by atoms with Crippen molar-refractivity contribution in [1.82, 2.24) is 0 Å². The summed E-state index contributed by atoms with van der Waals surface area (Å²) in [5.74, 6) is 1.31. The molecule has 0 aliphatic carbocycles. The molecule has 0 aromatic heterocycles. The Labute approximate surface area is 219 Å². The number of fused-ring (bicyclic) bond motifs is 2. The molecule has 2 aliphatic heterocycles. The van der Waals surface area contributed by atoms with Crippen molar-refractivity contribution in [2.24, 2.45) is 5.92 Å². The minimum atomic E-state index is -2.41. The van der Waals surface area contributed by atoms with Crippen LogP contribution in [0.5, 0.6) is 11.5 Å². The van der Waals surface area contributed by atoms with Crippen LogP contribution in [-0.4, -0.2) is 42.9 Å². The number of carbonyl (C=O) groups is 1. The molecule has 37 heavy (non-hydrogen) atoms. The number of aliphatic hydroxyl groups excluding tert-OH is 1. The number of rotatable bonds is 7. The highest BCUT2D eigenvalue weighted by Crippen LogP contribution is 2.46. The van der Waals surface area contributed by atoms with Gasteiger partial charge in [-0.05, 0) is 80.2 Å². The molecule has 2 heterocycles. The first-order chi connectivity index (χ1) is 17.8. The van der Waals surface area contributed by atoms with Crippen molar-refractivity contribution in [1.29, 1.82) is 0 Å². The van der Waals surface area contributed by atoms with Crippen LogP contribution in [-0.2, 0) is 11.2 Å². The Morgan fingerprint density at radius 2 is 1.57 bits per heavy atom. The van der Waals surface area contributed by atoms with Crippen molar-refractivity contribution in [2.45, 2.75) is 57.0 Å². The standard InChI is InChI=1S/C30H35NO5Si/c1-20-25(35-28(18-19-32)29(20)37(2,3)34)17-14-21-12-15-22(16-13-21)31-24-9-5-7-11-27(24)36-26-10-6-4-8-23(26)30(31)33/h4-13,15-16,20,25,28-29,32,34H,14,17-19H2,1-3H3/t20-,25+,28-,29+/m0/s1. The average Bonchev–Trinajstić information content (AvgIpc) is 3.13. The van der Waals surface area contributed by atoms with Gasteiger partial charge in [0.2, 0.25) is 0 Å². The molecule has 3 aromatic carbocycles. The lowest BCUT2D eigenvalue weighted by molar-refractivity contribution is 0.0192. The summed E-state index contributed by atoms with van der Waals surface area (Å²) in [7, 11) is -2.41. The molecular weight excluding hydrogens is 482 g/mol. The van der Waals surface area contributed by atoms with E-state index in [4.69, 9.17) is 9.47 Å². The molecule has 0 spiro atoms. The second kappa shape index (κ2) is 10.4. The fraction of sp³-hybridized carbons (Fsp3) is 0.367. The molecule has 2 N–H and O–H groups in total. The Kier molecular flexibility index (Phi) is 7.23. The topological polar surface area (TPSA) is 79.2 Å². The Balaban J connectivity index is 1.34. The highest BCUT2D eigenvalue weighted by Gasteiger charge is 2.49. The van der Waals surface area contributed by atoms with Crippen molar-refractivity contribution < 1.29 is 24.2 Å². The lowest BCUT2D eigenvalue weighted by atomic mass is 9.95. The monoisotopic (exact) mass is 517 g/mol. The predicted octanol–water partition coefficient (Wildman–Crippen LogP) is 6.06. The van der Waals surface area contributed by atoms with Crippen molar-refractivity contribution in [3.05, 3.63) is 83.9 Å². The first-order valence-corrected chi connectivity index (χ1v) is 16.1. The molecular formula is C30H35NO5Si. The zero-order chi connectivity index (χ0) is 26.2. The number of aryl methyl sites for hydroxylation is 1. The minimum absolute atomic E-state index is 0.0489. The SMILES string of the molecule is C[C@@H]1[C@@H]([Si](C)(C)O)[C@H](CCO)O[C@@H]1CCc1ccc(N2C(=O)c3ccccc3Oc3ccccc32)cc1. The van der Waals surface area contributed by atoms with Crippen LogP contribution in [0.4, 0.5) is 11.4 Å². The van der Waals surface area contributed by atoms with Gasteiger partial charge in [0.15, 0.2) is 14.1 Å². The van der Waals surface area contributed by atoms with Crippen LogP contribution in [0.2, 0.25) is 18.6 Å². The molecule has 3 aromatic rings. The van der Waals surface area contributed by atoms with Crippen LogP contribution < -0.4 is 9.64 Å². The van der Waals surface area contributed by atoms with Crippen molar-refractivity contribution in [2.75, 3.05) is 11.5 Å². The number of hydrogen-bond donors (Lipinski definition) is 2. The van der Waals surface area contributed by atoms with E-state index >= 15 is 0 Å². The predicted molar refractivity (Wildman–Crippen MR) is 147 cm³/mol. The van der Waals surface area contributed by atoms with Gasteiger partial charge in [-0.2, -0.15) is 0 Å². The number of benzene rings is 3. The highest BCUT2D eigenvalue weighted by molar-refractivity contribution is 6.71. The van der Waals surface area contributed by atoms with Gasteiger partial charge in [-0.1, -0.05) is 43.3 Å². The second-order valence-corrected chi connectivity index (χ2v) is 14.6. The maximum Gasteiger partial charge on any atom is 0.266 e. The van der Waals surface area contributed by atoms with Crippen molar-refractivity contribution >= 4 is 25.6 Å². The summed E-state index contributed by atoms with van der Waals surface area (Å²) in [6.45, 7) is 6.17. The van der Waals surface area contributed by atoms with E-state index in [0.717, 1.165) is 24.1 Å². The molecule has 0 saturated carbocycles. The fourth-order valence-electron chi connectivity index (χ4n) is 5.99. The van der Waals surface area contributed by atoms with Gasteiger partial charge in [0.05, 0.1) is 23.5 Å². The maximum atomic E-state index is 13.6. The summed E-state index contributed by atoms with van der Waals surface area (Å²) in [5, 5.41) is 9.49. The normalized spacial score (nSPS) is 23.3. The van der Waals surface area contributed by atoms with Gasteiger partial charge in [-0.25, -0.2) is 0 Å². The molecule has 0 radical (unpaired) electrons. The summed E-state index contributed by atoms with van der Waals surface area (Å²) in [6.07, 6.45) is 2.20. The van der Waals surface area contributed by atoms with Gasteiger partial charge in [0.25, 0.3) is 5.91 Å². The van der Waals surface area contributed by atoms with Gasteiger partial charge in [0, 0.05) is 17.8 Å². The van der Waals surface area contributed by atoms with Crippen molar-refractivity contribution in [3.8, 4) is 11.5 Å². The molecule has 2 aliphatic rings. The first kappa shape index (κ1) is 25.7. The summed E-state index contributed by atoms with van der Waals surface area (Å²) in [4.78, 5) is 26.2. The quantitative estimate of drug-likeness (QED) is 0.373. The third kappa shape index (κ3) is 5.09. The number of nitrogens with zero attached hydrogens (tertiary/aromatic N) is 1. The zero-order valence-electron chi connectivity index (χ0n) is 21.6. The molecule has 7 heteroatoms. The van der Waals surface area contributed by atoms with Crippen LogP contribution in [0.15, 0.2) is 72.8 Å². The number of hydrogen-bond acceptors (Lipinski definition) is 5.